The van der Waals surface area contributed by atoms with E-state index < -0.39 is 10.9 Å². The minimum Gasteiger partial charge on any atom is -0.422 e. The predicted octanol–water partition coefficient (Wildman–Crippen LogP) is 3.58. The Morgan fingerprint density at radius 3 is 2.24 bits per heavy atom. The lowest BCUT2D eigenvalue weighted by Gasteiger charge is -2.07. The molecule has 0 aliphatic heterocycles. The summed E-state index contributed by atoms with van der Waals surface area (Å²) in [6.07, 6.45) is 1.36. The number of benzene rings is 3. The molecule has 29 heavy (non-hydrogen) atoms. The normalized spacial score (nSPS) is 10.5. The van der Waals surface area contributed by atoms with Crippen LogP contribution < -0.4 is 10.2 Å². The number of hydrazone groups is 1. The zero-order chi connectivity index (χ0) is 20.6. The third kappa shape index (κ3) is 5.10. The lowest BCUT2D eigenvalue weighted by atomic mass is 10.2. The van der Waals surface area contributed by atoms with Crippen molar-refractivity contribution in [2.24, 2.45) is 5.10 Å². The molecule has 0 atom stereocenters. The van der Waals surface area contributed by atoms with Gasteiger partial charge in [0.2, 0.25) is 0 Å². The van der Waals surface area contributed by atoms with Crippen LogP contribution >= 0.6 is 0 Å². The largest absolute Gasteiger partial charge is 0.422 e. The van der Waals surface area contributed by atoms with E-state index >= 15 is 0 Å². The number of rotatable bonds is 6. The average molecular weight is 389 g/mol. The number of esters is 1. The Morgan fingerprint density at radius 2 is 1.55 bits per heavy atom. The minimum absolute atomic E-state index is 0.122. The van der Waals surface area contributed by atoms with Crippen LogP contribution in [0.1, 0.15) is 26.3 Å². The Morgan fingerprint density at radius 1 is 0.897 bits per heavy atom. The predicted molar refractivity (Wildman–Crippen MR) is 106 cm³/mol. The van der Waals surface area contributed by atoms with Crippen LogP contribution in [0.3, 0.4) is 0 Å². The van der Waals surface area contributed by atoms with Crippen molar-refractivity contribution < 1.29 is 19.2 Å². The Bertz CT molecular complexity index is 1060. The van der Waals surface area contributed by atoms with Crippen molar-refractivity contribution >= 4 is 23.8 Å². The molecular formula is C21H15N3O5. The Labute approximate surface area is 165 Å². The number of hydrogen-bond donors (Lipinski definition) is 1. The molecule has 0 aromatic heterocycles. The van der Waals surface area contributed by atoms with Crippen molar-refractivity contribution in [3.8, 4) is 5.75 Å². The smallest absolute Gasteiger partial charge is 0.343 e. The number of nitro groups is 1. The van der Waals surface area contributed by atoms with Crippen LogP contribution in [0.25, 0.3) is 0 Å². The van der Waals surface area contributed by atoms with Crippen LogP contribution in [0.5, 0.6) is 5.75 Å². The van der Waals surface area contributed by atoms with E-state index in [1.54, 1.807) is 54.6 Å². The molecule has 0 saturated heterocycles. The molecule has 0 aliphatic rings. The highest BCUT2D eigenvalue weighted by atomic mass is 16.6. The van der Waals surface area contributed by atoms with Crippen molar-refractivity contribution in [3.63, 3.8) is 0 Å². The summed E-state index contributed by atoms with van der Waals surface area (Å²) in [6.45, 7) is 0. The van der Waals surface area contributed by atoms with Gasteiger partial charge in [-0.15, -0.1) is 0 Å². The molecule has 0 radical (unpaired) electrons. The second-order valence-electron chi connectivity index (χ2n) is 5.80. The molecule has 3 aromatic rings. The van der Waals surface area contributed by atoms with Gasteiger partial charge in [-0.3, -0.25) is 14.9 Å². The van der Waals surface area contributed by atoms with Crippen molar-refractivity contribution in [2.75, 3.05) is 0 Å². The van der Waals surface area contributed by atoms with Gasteiger partial charge in [-0.05, 0) is 36.4 Å². The zero-order valence-corrected chi connectivity index (χ0v) is 15.0. The molecule has 8 nitrogen and oxygen atoms in total. The van der Waals surface area contributed by atoms with Crippen molar-refractivity contribution in [1.29, 1.82) is 0 Å². The van der Waals surface area contributed by atoms with Crippen LogP contribution in [-0.4, -0.2) is 23.0 Å². The summed E-state index contributed by atoms with van der Waals surface area (Å²) in [5.41, 5.74) is 3.38. The minimum atomic E-state index is -0.672. The van der Waals surface area contributed by atoms with Gasteiger partial charge in [-0.25, -0.2) is 10.2 Å². The van der Waals surface area contributed by atoms with Gasteiger partial charge in [0.25, 0.3) is 11.6 Å². The summed E-state index contributed by atoms with van der Waals surface area (Å²) in [5.74, 6) is -0.815. The van der Waals surface area contributed by atoms with Gasteiger partial charge in [0.05, 0.1) is 16.7 Å². The molecule has 0 bridgehead atoms. The monoisotopic (exact) mass is 389 g/mol. The van der Waals surface area contributed by atoms with Crippen molar-refractivity contribution in [2.45, 2.75) is 0 Å². The van der Waals surface area contributed by atoms with Gasteiger partial charge in [-0.2, -0.15) is 5.10 Å². The lowest BCUT2D eigenvalue weighted by molar-refractivity contribution is -0.384. The van der Waals surface area contributed by atoms with Crippen LogP contribution in [0.2, 0.25) is 0 Å². The maximum Gasteiger partial charge on any atom is 0.343 e. The quantitative estimate of drug-likeness (QED) is 0.228. The Balaban J connectivity index is 1.69. The zero-order valence-electron chi connectivity index (χ0n) is 15.0. The first-order valence-corrected chi connectivity index (χ1v) is 8.49. The highest BCUT2D eigenvalue weighted by molar-refractivity contribution is 5.96. The van der Waals surface area contributed by atoms with E-state index in [1.807, 2.05) is 0 Å². The third-order valence-corrected chi connectivity index (χ3v) is 3.84. The number of hydrogen-bond acceptors (Lipinski definition) is 6. The van der Waals surface area contributed by atoms with E-state index in [2.05, 4.69) is 10.5 Å². The molecule has 0 fully saturated rings. The highest BCUT2D eigenvalue weighted by Crippen LogP contribution is 2.19. The first-order chi connectivity index (χ1) is 14.0. The van der Waals surface area contributed by atoms with Gasteiger partial charge >= 0.3 is 5.97 Å². The fourth-order valence-electron chi connectivity index (χ4n) is 2.37. The van der Waals surface area contributed by atoms with Crippen LogP contribution in [-0.2, 0) is 0 Å². The summed E-state index contributed by atoms with van der Waals surface area (Å²) in [7, 11) is 0. The summed E-state index contributed by atoms with van der Waals surface area (Å²) in [5, 5.41) is 14.6. The molecule has 1 amide bonds. The molecule has 144 valence electrons. The summed E-state index contributed by atoms with van der Waals surface area (Å²) < 4.78 is 5.36. The second kappa shape index (κ2) is 9.05. The summed E-state index contributed by atoms with van der Waals surface area (Å²) in [6, 6.07) is 20.3. The molecule has 0 saturated carbocycles. The van der Waals surface area contributed by atoms with Gasteiger partial charge in [0, 0.05) is 23.3 Å². The first kappa shape index (κ1) is 19.4. The topological polar surface area (TPSA) is 111 Å². The fourth-order valence-corrected chi connectivity index (χ4v) is 2.37. The number of carbonyl (C=O) groups excluding carboxylic acids is 2. The van der Waals surface area contributed by atoms with Crippen LogP contribution in [0.4, 0.5) is 5.69 Å². The maximum absolute atomic E-state index is 12.3. The third-order valence-electron chi connectivity index (χ3n) is 3.84. The maximum atomic E-state index is 12.3. The molecule has 0 spiro atoms. The number of nitrogens with zero attached hydrogens (tertiary/aromatic N) is 2. The van der Waals surface area contributed by atoms with E-state index in [0.717, 1.165) is 0 Å². The molecule has 1 N–H and O–H groups in total. The van der Waals surface area contributed by atoms with Crippen molar-refractivity contribution in [1.82, 2.24) is 5.43 Å². The molecular weight excluding hydrogens is 374 g/mol. The average Bonchev–Trinajstić information content (AvgIpc) is 2.75. The molecule has 0 heterocycles. The van der Waals surface area contributed by atoms with Gasteiger partial charge in [0.1, 0.15) is 5.75 Å². The number of carbonyl (C=O) groups is 2. The number of non-ortho nitro benzene ring substituents is 1. The number of amides is 1. The van der Waals surface area contributed by atoms with Gasteiger partial charge in [-0.1, -0.05) is 30.3 Å². The van der Waals surface area contributed by atoms with Crippen molar-refractivity contribution in [3.05, 3.63) is 106 Å². The van der Waals surface area contributed by atoms with E-state index in [9.17, 15) is 19.7 Å². The van der Waals surface area contributed by atoms with Gasteiger partial charge < -0.3 is 4.74 Å². The molecule has 0 aliphatic carbocycles. The molecule has 0 unspecified atom stereocenters. The second-order valence-corrected chi connectivity index (χ2v) is 5.80. The number of nitrogens with one attached hydrogen (secondary N) is 1. The van der Waals surface area contributed by atoms with Crippen LogP contribution in [0.15, 0.2) is 84.0 Å². The van der Waals surface area contributed by atoms with E-state index in [-0.39, 0.29) is 22.9 Å². The van der Waals surface area contributed by atoms with Gasteiger partial charge in [0.15, 0.2) is 0 Å². The molecule has 8 heteroatoms. The molecule has 3 aromatic carbocycles. The molecule has 3 rings (SSSR count). The number of ether oxygens (including phenoxy) is 1. The summed E-state index contributed by atoms with van der Waals surface area (Å²) in [4.78, 5) is 34.5. The van der Waals surface area contributed by atoms with Crippen LogP contribution in [0, 0.1) is 10.1 Å². The highest BCUT2D eigenvalue weighted by Gasteiger charge is 2.13. The van der Waals surface area contributed by atoms with E-state index in [0.29, 0.717) is 11.1 Å². The van der Waals surface area contributed by atoms with E-state index in [4.69, 9.17) is 4.74 Å². The standard InChI is InChI=1S/C21H15N3O5/c25-20(15-6-2-1-3-7-15)23-22-14-17-8-4-5-9-19(17)29-21(26)16-10-12-18(13-11-16)24(27)28/h1-14H,(H,23,25). The number of para-hydroxylation sites is 1. The van der Waals surface area contributed by atoms with E-state index in [1.165, 1.54) is 30.5 Å². The summed E-state index contributed by atoms with van der Waals surface area (Å²) >= 11 is 0. The fraction of sp³-hybridized carbons (Fsp3) is 0. The first-order valence-electron chi connectivity index (χ1n) is 8.49. The number of nitro benzene ring substituents is 1. The SMILES string of the molecule is O=C(NN=Cc1ccccc1OC(=O)c1ccc([N+](=O)[O-])cc1)c1ccccc1. The Kier molecular flexibility index (Phi) is 6.06. The lowest BCUT2D eigenvalue weighted by Crippen LogP contribution is -2.17. The Hall–Kier alpha value is -4.33.